The number of carbonyl (C=O) groups is 1. The van der Waals surface area contributed by atoms with E-state index in [0.29, 0.717) is 6.54 Å². The lowest BCUT2D eigenvalue weighted by atomic mass is 10.3. The fraction of sp³-hybridized carbons (Fsp3) is 0.556. The molecule has 1 atom stereocenters. The summed E-state index contributed by atoms with van der Waals surface area (Å²) in [5, 5.41) is 6.05. The number of aromatic nitrogens is 1. The van der Waals surface area contributed by atoms with Gasteiger partial charge in [-0.25, -0.2) is 4.98 Å². The van der Waals surface area contributed by atoms with E-state index < -0.39 is 0 Å². The average Bonchev–Trinajstić information content (AvgIpc) is 2.59. The van der Waals surface area contributed by atoms with Crippen LogP contribution >= 0.6 is 11.3 Å². The van der Waals surface area contributed by atoms with Crippen molar-refractivity contribution in [3.05, 3.63) is 16.1 Å². The molecule has 0 fully saturated rings. The Morgan fingerprint density at radius 3 is 3.00 bits per heavy atom. The molecular formula is C9H14N2O2S. The highest BCUT2D eigenvalue weighted by Gasteiger charge is 2.12. The van der Waals surface area contributed by atoms with Gasteiger partial charge in [-0.15, -0.1) is 11.3 Å². The van der Waals surface area contributed by atoms with Crippen LogP contribution in [0.3, 0.4) is 0 Å². The molecule has 0 aliphatic rings. The summed E-state index contributed by atoms with van der Waals surface area (Å²) in [6, 6.07) is -0.290. The summed E-state index contributed by atoms with van der Waals surface area (Å²) in [6.07, 6.45) is 0. The number of nitrogens with one attached hydrogen (secondary N) is 1. The van der Waals surface area contributed by atoms with Gasteiger partial charge in [-0.05, 0) is 13.8 Å². The molecular weight excluding hydrogens is 200 g/mol. The molecule has 4 nitrogen and oxygen atoms in total. The van der Waals surface area contributed by atoms with Gasteiger partial charge in [0.25, 0.3) is 0 Å². The fourth-order valence-corrected chi connectivity index (χ4v) is 1.62. The third-order valence-corrected chi connectivity index (χ3v) is 2.63. The van der Waals surface area contributed by atoms with Crippen LogP contribution in [0.1, 0.15) is 17.6 Å². The van der Waals surface area contributed by atoms with Crippen LogP contribution in [0.15, 0.2) is 5.38 Å². The maximum atomic E-state index is 11.0. The highest BCUT2D eigenvalue weighted by atomic mass is 32.1. The van der Waals surface area contributed by atoms with Crippen molar-refractivity contribution >= 4 is 17.3 Å². The topological polar surface area (TPSA) is 51.2 Å². The first-order valence-electron chi connectivity index (χ1n) is 4.35. The van der Waals surface area contributed by atoms with Gasteiger partial charge in [0.1, 0.15) is 6.04 Å². The summed E-state index contributed by atoms with van der Waals surface area (Å²) in [6.45, 7) is 4.32. The van der Waals surface area contributed by atoms with Crippen molar-refractivity contribution in [3.63, 3.8) is 0 Å². The Balaban J connectivity index is 2.37. The summed E-state index contributed by atoms with van der Waals surface area (Å²) in [5.74, 6) is -0.253. The van der Waals surface area contributed by atoms with Gasteiger partial charge >= 0.3 is 5.97 Å². The molecule has 0 radical (unpaired) electrons. The van der Waals surface area contributed by atoms with Crippen LogP contribution in [0.2, 0.25) is 0 Å². The molecule has 1 N–H and O–H groups in total. The first-order chi connectivity index (χ1) is 6.63. The number of methoxy groups -OCH3 is 1. The predicted molar refractivity (Wildman–Crippen MR) is 55.2 cm³/mol. The fourth-order valence-electron chi connectivity index (χ4n) is 1.01. The highest BCUT2D eigenvalue weighted by Crippen LogP contribution is 2.07. The number of carbonyl (C=O) groups excluding carboxylic acids is 1. The van der Waals surface area contributed by atoms with E-state index in [1.54, 1.807) is 18.3 Å². The first-order valence-corrected chi connectivity index (χ1v) is 5.23. The van der Waals surface area contributed by atoms with Gasteiger partial charge < -0.3 is 4.74 Å². The Bertz CT molecular complexity index is 312. The molecule has 1 unspecified atom stereocenters. The molecule has 0 bridgehead atoms. The zero-order valence-corrected chi connectivity index (χ0v) is 9.35. The van der Waals surface area contributed by atoms with Crippen LogP contribution in [0.4, 0.5) is 0 Å². The first kappa shape index (κ1) is 11.1. The summed E-state index contributed by atoms with van der Waals surface area (Å²) < 4.78 is 4.59. The molecule has 1 rings (SSSR count). The number of rotatable bonds is 4. The lowest BCUT2D eigenvalue weighted by molar-refractivity contribution is -0.142. The molecule has 0 aliphatic carbocycles. The molecule has 1 heterocycles. The van der Waals surface area contributed by atoms with E-state index >= 15 is 0 Å². The molecule has 5 heteroatoms. The smallest absolute Gasteiger partial charge is 0.322 e. The van der Waals surface area contributed by atoms with E-state index in [1.807, 2.05) is 12.3 Å². The lowest BCUT2D eigenvalue weighted by Crippen LogP contribution is -2.34. The Morgan fingerprint density at radius 2 is 2.50 bits per heavy atom. The highest BCUT2D eigenvalue weighted by molar-refractivity contribution is 7.09. The maximum absolute atomic E-state index is 11.0. The molecule has 14 heavy (non-hydrogen) atoms. The Kier molecular flexibility index (Phi) is 4.03. The number of nitrogens with zero attached hydrogens (tertiary/aromatic N) is 1. The second-order valence-corrected chi connectivity index (χ2v) is 4.05. The summed E-state index contributed by atoms with van der Waals surface area (Å²) >= 11 is 1.60. The largest absolute Gasteiger partial charge is 0.468 e. The molecule has 0 spiro atoms. The van der Waals surface area contributed by atoms with Crippen molar-refractivity contribution in [1.29, 1.82) is 0 Å². The summed E-state index contributed by atoms with van der Waals surface area (Å²) in [5.41, 5.74) is 0.961. The zero-order valence-electron chi connectivity index (χ0n) is 8.53. The van der Waals surface area contributed by atoms with Crippen LogP contribution in [0.5, 0.6) is 0 Å². The second-order valence-electron chi connectivity index (χ2n) is 2.98. The van der Waals surface area contributed by atoms with Crippen LogP contribution in [0, 0.1) is 6.92 Å². The van der Waals surface area contributed by atoms with Crippen LogP contribution < -0.4 is 5.32 Å². The van der Waals surface area contributed by atoms with Gasteiger partial charge in [0.05, 0.1) is 17.8 Å². The standard InChI is InChI=1S/C9H14N2O2S/c1-6(9(12)13-3)10-4-8-5-14-7(2)11-8/h5-6,10H,4H2,1-3H3. The molecule has 0 aliphatic heterocycles. The number of hydrogen-bond donors (Lipinski definition) is 1. The Hall–Kier alpha value is -0.940. The molecule has 78 valence electrons. The molecule has 0 aromatic carbocycles. The normalized spacial score (nSPS) is 12.5. The van der Waals surface area contributed by atoms with E-state index in [1.165, 1.54) is 7.11 Å². The van der Waals surface area contributed by atoms with E-state index in [0.717, 1.165) is 10.7 Å². The minimum Gasteiger partial charge on any atom is -0.468 e. The van der Waals surface area contributed by atoms with Crippen LogP contribution in [-0.2, 0) is 16.1 Å². The summed E-state index contributed by atoms with van der Waals surface area (Å²) in [7, 11) is 1.38. The van der Waals surface area contributed by atoms with Crippen molar-refractivity contribution < 1.29 is 9.53 Å². The van der Waals surface area contributed by atoms with Gasteiger partial charge in [-0.2, -0.15) is 0 Å². The van der Waals surface area contributed by atoms with Gasteiger partial charge in [0.2, 0.25) is 0 Å². The number of ether oxygens (including phenoxy) is 1. The maximum Gasteiger partial charge on any atom is 0.322 e. The van der Waals surface area contributed by atoms with Crippen LogP contribution in [0.25, 0.3) is 0 Å². The van der Waals surface area contributed by atoms with Crippen molar-refractivity contribution in [2.75, 3.05) is 7.11 Å². The molecule has 0 saturated carbocycles. The van der Waals surface area contributed by atoms with Crippen molar-refractivity contribution in [2.45, 2.75) is 26.4 Å². The third kappa shape index (κ3) is 3.08. The van der Waals surface area contributed by atoms with E-state index in [-0.39, 0.29) is 12.0 Å². The molecule has 0 saturated heterocycles. The summed E-state index contributed by atoms with van der Waals surface area (Å²) in [4.78, 5) is 15.3. The zero-order chi connectivity index (χ0) is 10.6. The average molecular weight is 214 g/mol. The molecule has 0 amide bonds. The van der Waals surface area contributed by atoms with Gasteiger partial charge in [-0.1, -0.05) is 0 Å². The van der Waals surface area contributed by atoms with E-state index in [2.05, 4.69) is 15.0 Å². The second kappa shape index (κ2) is 5.07. The van der Waals surface area contributed by atoms with Crippen molar-refractivity contribution in [3.8, 4) is 0 Å². The Morgan fingerprint density at radius 1 is 1.79 bits per heavy atom. The van der Waals surface area contributed by atoms with Gasteiger partial charge in [-0.3, -0.25) is 10.1 Å². The number of esters is 1. The number of hydrogen-bond acceptors (Lipinski definition) is 5. The SMILES string of the molecule is COC(=O)C(C)NCc1csc(C)n1. The quantitative estimate of drug-likeness (QED) is 0.763. The third-order valence-electron chi connectivity index (χ3n) is 1.81. The monoisotopic (exact) mass is 214 g/mol. The molecule has 1 aromatic rings. The lowest BCUT2D eigenvalue weighted by Gasteiger charge is -2.09. The van der Waals surface area contributed by atoms with Gasteiger partial charge in [0, 0.05) is 11.9 Å². The van der Waals surface area contributed by atoms with Crippen molar-refractivity contribution in [1.82, 2.24) is 10.3 Å². The van der Waals surface area contributed by atoms with Crippen molar-refractivity contribution in [2.24, 2.45) is 0 Å². The molecule has 1 aromatic heterocycles. The minimum atomic E-state index is -0.290. The minimum absolute atomic E-state index is 0.253. The van der Waals surface area contributed by atoms with E-state index in [9.17, 15) is 4.79 Å². The Labute approximate surface area is 87.3 Å². The number of thiazole rings is 1. The number of aryl methyl sites for hydroxylation is 1. The van der Waals surface area contributed by atoms with Gasteiger partial charge in [0.15, 0.2) is 0 Å². The van der Waals surface area contributed by atoms with E-state index in [4.69, 9.17) is 0 Å². The van der Waals surface area contributed by atoms with Crippen LogP contribution in [-0.4, -0.2) is 24.1 Å². The predicted octanol–water partition coefficient (Wildman–Crippen LogP) is 1.10.